The molecule has 0 heterocycles. The maximum absolute atomic E-state index is 9.86. The average molecular weight is 185 g/mol. The van der Waals surface area contributed by atoms with E-state index >= 15 is 0 Å². The Morgan fingerprint density at radius 1 is 1.14 bits per heavy atom. The lowest BCUT2D eigenvalue weighted by Crippen LogP contribution is -1.82. The standard InChI is InChI=1S/C12H11NO/c1-9-7-10(2)12(11(3)8-9)13-5-4-6-14/h7-8H,1-3H3. The molecule has 0 saturated carbocycles. The lowest BCUT2D eigenvalue weighted by molar-refractivity contribution is 0.569. The Morgan fingerprint density at radius 3 is 2.21 bits per heavy atom. The molecule has 0 aliphatic heterocycles. The van der Waals surface area contributed by atoms with Gasteiger partial charge in [0.15, 0.2) is 5.94 Å². The maximum Gasteiger partial charge on any atom is 0.187 e. The molecule has 2 heteroatoms. The largest absolute Gasteiger partial charge is 0.223 e. The number of hydrogen-bond donors (Lipinski definition) is 0. The van der Waals surface area contributed by atoms with E-state index in [4.69, 9.17) is 0 Å². The van der Waals surface area contributed by atoms with Crippen LogP contribution in [0.25, 0.3) is 0 Å². The second-order valence-electron chi connectivity index (χ2n) is 3.20. The summed E-state index contributed by atoms with van der Waals surface area (Å²) in [6.07, 6.45) is 0. The Balaban J connectivity index is 3.35. The first-order valence-electron chi connectivity index (χ1n) is 4.31. The zero-order valence-corrected chi connectivity index (χ0v) is 8.51. The molecule has 0 fully saturated rings. The molecule has 0 N–H and O–H groups in total. The molecule has 0 radical (unpaired) electrons. The summed E-state index contributed by atoms with van der Waals surface area (Å²) in [4.78, 5) is 13.9. The van der Waals surface area contributed by atoms with Gasteiger partial charge in [-0.05, 0) is 31.9 Å². The Labute approximate surface area is 83.3 Å². The Hall–Kier alpha value is -1.84. The molecule has 2 nitrogen and oxygen atoms in total. The Bertz CT molecular complexity index is 446. The van der Waals surface area contributed by atoms with Gasteiger partial charge in [-0.1, -0.05) is 17.7 Å². The highest BCUT2D eigenvalue weighted by Gasteiger charge is 2.00. The van der Waals surface area contributed by atoms with Gasteiger partial charge < -0.3 is 0 Å². The second-order valence-corrected chi connectivity index (χ2v) is 3.20. The van der Waals surface area contributed by atoms with Crippen LogP contribution in [0.3, 0.4) is 0 Å². The minimum Gasteiger partial charge on any atom is -0.223 e. The van der Waals surface area contributed by atoms with Crippen LogP contribution >= 0.6 is 0 Å². The number of nitrogens with zero attached hydrogens (tertiary/aromatic N) is 1. The normalized spacial score (nSPS) is 8.50. The van der Waals surface area contributed by atoms with Gasteiger partial charge in [0.25, 0.3) is 0 Å². The summed E-state index contributed by atoms with van der Waals surface area (Å²) >= 11 is 0. The van der Waals surface area contributed by atoms with Crippen LogP contribution in [0.2, 0.25) is 0 Å². The van der Waals surface area contributed by atoms with Crippen molar-refractivity contribution in [2.24, 2.45) is 4.99 Å². The van der Waals surface area contributed by atoms with Crippen molar-refractivity contribution in [1.29, 1.82) is 0 Å². The number of rotatable bonds is 1. The fraction of sp³-hybridized carbons (Fsp3) is 0.250. The summed E-state index contributed by atoms with van der Waals surface area (Å²) < 4.78 is 0. The van der Waals surface area contributed by atoms with Crippen LogP contribution in [0, 0.1) is 20.8 Å². The summed E-state index contributed by atoms with van der Waals surface area (Å²) in [5, 5.41) is 0. The van der Waals surface area contributed by atoms with E-state index in [9.17, 15) is 4.79 Å². The predicted octanol–water partition coefficient (Wildman–Crippen LogP) is 2.46. The summed E-state index contributed by atoms with van der Waals surface area (Å²) in [7, 11) is 0. The van der Waals surface area contributed by atoms with E-state index in [1.165, 1.54) is 11.5 Å². The minimum absolute atomic E-state index is 0.846. The zero-order chi connectivity index (χ0) is 10.6. The molecule has 1 rings (SSSR count). The summed E-state index contributed by atoms with van der Waals surface area (Å²) in [6, 6.07) is 4.08. The molecule has 1 aromatic carbocycles. The van der Waals surface area contributed by atoms with Crippen LogP contribution in [0.1, 0.15) is 16.7 Å². The van der Waals surface area contributed by atoms with Gasteiger partial charge in [-0.15, -0.1) is 0 Å². The van der Waals surface area contributed by atoms with Gasteiger partial charge >= 0.3 is 0 Å². The lowest BCUT2D eigenvalue weighted by atomic mass is 10.1. The molecule has 14 heavy (non-hydrogen) atoms. The van der Waals surface area contributed by atoms with Gasteiger partial charge in [0.2, 0.25) is 0 Å². The van der Waals surface area contributed by atoms with E-state index in [2.05, 4.69) is 16.6 Å². The van der Waals surface area contributed by atoms with E-state index in [0.29, 0.717) is 0 Å². The number of aryl methyl sites for hydroxylation is 3. The molecular formula is C12H11NO. The first-order valence-corrected chi connectivity index (χ1v) is 4.31. The van der Waals surface area contributed by atoms with E-state index in [0.717, 1.165) is 16.8 Å². The van der Waals surface area contributed by atoms with E-state index in [1.807, 2.05) is 32.9 Å². The van der Waals surface area contributed by atoms with Gasteiger partial charge in [-0.25, -0.2) is 4.79 Å². The molecule has 0 aliphatic rings. The fourth-order valence-electron chi connectivity index (χ4n) is 1.46. The molecule has 0 unspecified atom stereocenters. The molecule has 1 aromatic rings. The lowest BCUT2D eigenvalue weighted by Gasteiger charge is -2.04. The highest BCUT2D eigenvalue weighted by molar-refractivity contribution is 5.68. The summed E-state index contributed by atoms with van der Waals surface area (Å²) in [6.45, 7) is 5.99. The van der Waals surface area contributed by atoms with Gasteiger partial charge in [0.05, 0.1) is 11.6 Å². The third-order valence-corrected chi connectivity index (χ3v) is 1.91. The first-order chi connectivity index (χ1) is 6.65. The molecule has 0 atom stereocenters. The van der Waals surface area contributed by atoms with Crippen LogP contribution in [0.5, 0.6) is 0 Å². The summed E-state index contributed by atoms with van der Waals surface area (Å²) in [5.41, 5.74) is 6.34. The van der Waals surface area contributed by atoms with Crippen LogP contribution in [0.4, 0.5) is 5.69 Å². The van der Waals surface area contributed by atoms with E-state index in [-0.39, 0.29) is 0 Å². The molecule has 0 spiro atoms. The van der Waals surface area contributed by atoms with E-state index < -0.39 is 0 Å². The first kappa shape index (κ1) is 10.2. The molecule has 0 bridgehead atoms. The molecule has 70 valence electrons. The van der Waals surface area contributed by atoms with Crippen molar-refractivity contribution in [3.8, 4) is 0 Å². The van der Waals surface area contributed by atoms with Crippen molar-refractivity contribution in [3.05, 3.63) is 34.6 Å². The number of benzene rings is 1. The quantitative estimate of drug-likeness (QED) is 0.375. The summed E-state index contributed by atoms with van der Waals surface area (Å²) in [5.74, 6) is 3.89. The van der Waals surface area contributed by atoms with Crippen molar-refractivity contribution < 1.29 is 4.79 Å². The second kappa shape index (κ2) is 4.41. The molecule has 0 saturated heterocycles. The van der Waals surface area contributed by atoms with Gasteiger partial charge in [0, 0.05) is 5.73 Å². The Kier molecular flexibility index (Phi) is 3.23. The van der Waals surface area contributed by atoms with Gasteiger partial charge in [-0.3, -0.25) is 0 Å². The number of hydrogen-bond acceptors (Lipinski definition) is 2. The third kappa shape index (κ3) is 2.32. The minimum atomic E-state index is 0.846. The topological polar surface area (TPSA) is 29.4 Å². The van der Waals surface area contributed by atoms with Crippen molar-refractivity contribution in [2.45, 2.75) is 20.8 Å². The third-order valence-electron chi connectivity index (χ3n) is 1.91. The maximum atomic E-state index is 9.86. The smallest absolute Gasteiger partial charge is 0.187 e. The van der Waals surface area contributed by atoms with Crippen molar-refractivity contribution in [2.75, 3.05) is 0 Å². The molecule has 0 amide bonds. The molecular weight excluding hydrogens is 174 g/mol. The average Bonchev–Trinajstić information content (AvgIpc) is 2.09. The highest BCUT2D eigenvalue weighted by Crippen LogP contribution is 2.24. The monoisotopic (exact) mass is 185 g/mol. The van der Waals surface area contributed by atoms with Crippen molar-refractivity contribution >= 4 is 17.5 Å². The van der Waals surface area contributed by atoms with Crippen LogP contribution in [-0.2, 0) is 4.79 Å². The number of carbonyl (C=O) groups excluding carboxylic acids is 1. The van der Waals surface area contributed by atoms with Gasteiger partial charge in [-0.2, -0.15) is 4.99 Å². The predicted molar refractivity (Wildman–Crippen MR) is 57.0 cm³/mol. The van der Waals surface area contributed by atoms with Crippen LogP contribution < -0.4 is 0 Å². The Morgan fingerprint density at radius 2 is 1.71 bits per heavy atom. The fourth-order valence-corrected chi connectivity index (χ4v) is 1.46. The number of aliphatic imine (C=N–C) groups is 1. The van der Waals surface area contributed by atoms with E-state index in [1.54, 1.807) is 0 Å². The SMILES string of the molecule is Cc1cc(C)c(N=C=C=C=O)c(C)c1. The van der Waals surface area contributed by atoms with Crippen LogP contribution in [0.15, 0.2) is 22.9 Å². The van der Waals surface area contributed by atoms with Crippen molar-refractivity contribution in [3.63, 3.8) is 0 Å². The van der Waals surface area contributed by atoms with Crippen LogP contribution in [-0.4, -0.2) is 11.8 Å². The highest BCUT2D eigenvalue weighted by atomic mass is 16.1. The molecule has 0 aliphatic carbocycles. The zero-order valence-electron chi connectivity index (χ0n) is 8.51. The van der Waals surface area contributed by atoms with Gasteiger partial charge in [0.1, 0.15) is 0 Å². The van der Waals surface area contributed by atoms with Crippen molar-refractivity contribution in [1.82, 2.24) is 0 Å². The molecule has 0 aromatic heterocycles.